The fourth-order valence-corrected chi connectivity index (χ4v) is 2.66. The van der Waals surface area contributed by atoms with E-state index >= 15 is 0 Å². The number of carbonyl (C=O) groups is 1. The van der Waals surface area contributed by atoms with Crippen LogP contribution < -0.4 is 5.32 Å². The third-order valence-electron chi connectivity index (χ3n) is 3.72. The van der Waals surface area contributed by atoms with E-state index in [1.807, 2.05) is 30.3 Å². The van der Waals surface area contributed by atoms with Crippen LogP contribution in [0.2, 0.25) is 0 Å². The number of amides is 1. The Morgan fingerprint density at radius 1 is 1.32 bits per heavy atom. The van der Waals surface area contributed by atoms with Gasteiger partial charge in [-0.25, -0.2) is 4.79 Å². The van der Waals surface area contributed by atoms with Gasteiger partial charge in [0, 0.05) is 11.5 Å². The minimum atomic E-state index is -0.520. The lowest BCUT2D eigenvalue weighted by atomic mass is 10.1. The molecule has 1 N–H and O–H groups in total. The van der Waals surface area contributed by atoms with Gasteiger partial charge in [0.2, 0.25) is 0 Å². The summed E-state index contributed by atoms with van der Waals surface area (Å²) in [5, 5.41) is 6.32. The molecule has 2 aliphatic rings. The minimum absolute atomic E-state index is 0.242. The van der Waals surface area contributed by atoms with E-state index in [2.05, 4.69) is 15.3 Å². The maximum absolute atomic E-state index is 11.8. The number of hydrogen-bond donors (Lipinski definition) is 1. The molecule has 0 saturated carbocycles. The Morgan fingerprint density at radius 2 is 2.09 bits per heavy atom. The van der Waals surface area contributed by atoms with E-state index in [-0.39, 0.29) is 31.5 Å². The molecule has 2 heterocycles. The summed E-state index contributed by atoms with van der Waals surface area (Å²) in [5.74, 6) is 0. The number of nitrogens with zero attached hydrogens (tertiary/aromatic N) is 3. The van der Waals surface area contributed by atoms with Crippen molar-refractivity contribution in [3.8, 4) is 0 Å². The standard InChI is InChI=1S/C14H16N4O4/c15-18-17-10-7-20-13-11(8-21-12(10)13)22-14(19)16-6-9-4-2-1-3-5-9/h1-5,10-13H,6-8H2,(H,16,19)/t10-,11+,12-,13-/m1/s1. The van der Waals surface area contributed by atoms with E-state index < -0.39 is 12.2 Å². The average Bonchev–Trinajstić information content (AvgIpc) is 3.11. The number of hydrogen-bond acceptors (Lipinski definition) is 5. The first kappa shape index (κ1) is 14.6. The van der Waals surface area contributed by atoms with E-state index in [1.54, 1.807) is 0 Å². The lowest BCUT2D eigenvalue weighted by Crippen LogP contribution is -2.37. The number of ether oxygens (including phenoxy) is 3. The molecule has 0 unspecified atom stereocenters. The highest BCUT2D eigenvalue weighted by Gasteiger charge is 2.49. The van der Waals surface area contributed by atoms with Gasteiger partial charge in [0.15, 0.2) is 6.10 Å². The first-order valence-corrected chi connectivity index (χ1v) is 7.04. The molecule has 0 bridgehead atoms. The van der Waals surface area contributed by atoms with Crippen molar-refractivity contribution >= 4 is 6.09 Å². The summed E-state index contributed by atoms with van der Waals surface area (Å²) in [6, 6.07) is 9.19. The molecule has 8 heteroatoms. The van der Waals surface area contributed by atoms with E-state index in [4.69, 9.17) is 19.7 Å². The molecule has 1 amide bonds. The van der Waals surface area contributed by atoms with Crippen LogP contribution in [-0.2, 0) is 20.8 Å². The van der Waals surface area contributed by atoms with Gasteiger partial charge in [0.05, 0.1) is 25.4 Å². The summed E-state index contributed by atoms with van der Waals surface area (Å²) in [6.07, 6.45) is -1.73. The van der Waals surface area contributed by atoms with E-state index in [1.165, 1.54) is 0 Å². The Hall–Kier alpha value is -2.28. The van der Waals surface area contributed by atoms with Crippen molar-refractivity contribution in [2.45, 2.75) is 30.9 Å². The lowest BCUT2D eigenvalue weighted by Gasteiger charge is -2.17. The second-order valence-corrected chi connectivity index (χ2v) is 5.15. The van der Waals surface area contributed by atoms with Crippen LogP contribution in [0.1, 0.15) is 5.56 Å². The number of azide groups is 1. The van der Waals surface area contributed by atoms with Crippen LogP contribution in [-0.4, -0.2) is 43.7 Å². The second kappa shape index (κ2) is 6.65. The maximum Gasteiger partial charge on any atom is 0.407 e. The van der Waals surface area contributed by atoms with Crippen LogP contribution >= 0.6 is 0 Å². The van der Waals surface area contributed by atoms with Crippen molar-refractivity contribution < 1.29 is 19.0 Å². The highest BCUT2D eigenvalue weighted by molar-refractivity contribution is 5.67. The van der Waals surface area contributed by atoms with Gasteiger partial charge < -0.3 is 19.5 Å². The Bertz CT molecular complexity index is 575. The Labute approximate surface area is 127 Å². The molecule has 2 aliphatic heterocycles. The normalized spacial score (nSPS) is 29.5. The highest BCUT2D eigenvalue weighted by atomic mass is 16.6. The summed E-state index contributed by atoms with van der Waals surface area (Å²) in [6.45, 7) is 0.917. The number of fused-ring (bicyclic) bond motifs is 1. The summed E-state index contributed by atoms with van der Waals surface area (Å²) >= 11 is 0. The number of carbonyl (C=O) groups excluding carboxylic acids is 1. The monoisotopic (exact) mass is 304 g/mol. The smallest absolute Gasteiger partial charge is 0.407 e. The van der Waals surface area contributed by atoms with Crippen molar-refractivity contribution in [3.05, 3.63) is 46.3 Å². The van der Waals surface area contributed by atoms with Crippen molar-refractivity contribution in [1.82, 2.24) is 5.32 Å². The summed E-state index contributed by atoms with van der Waals surface area (Å²) < 4.78 is 16.4. The third kappa shape index (κ3) is 3.14. The first-order valence-electron chi connectivity index (χ1n) is 7.04. The van der Waals surface area contributed by atoms with Crippen LogP contribution in [0.4, 0.5) is 4.79 Å². The molecule has 1 aromatic carbocycles. The minimum Gasteiger partial charge on any atom is -0.441 e. The number of nitrogens with one attached hydrogen (secondary N) is 1. The number of rotatable bonds is 4. The zero-order chi connectivity index (χ0) is 15.4. The predicted molar refractivity (Wildman–Crippen MR) is 76.0 cm³/mol. The van der Waals surface area contributed by atoms with Gasteiger partial charge in [-0.3, -0.25) is 0 Å². The van der Waals surface area contributed by atoms with Crippen molar-refractivity contribution in [3.63, 3.8) is 0 Å². The summed E-state index contributed by atoms with van der Waals surface area (Å²) in [7, 11) is 0. The largest absolute Gasteiger partial charge is 0.441 e. The molecule has 2 fully saturated rings. The van der Waals surface area contributed by atoms with Gasteiger partial charge >= 0.3 is 6.09 Å². The summed E-state index contributed by atoms with van der Waals surface area (Å²) in [5.41, 5.74) is 9.47. The van der Waals surface area contributed by atoms with Gasteiger partial charge in [-0.1, -0.05) is 35.4 Å². The van der Waals surface area contributed by atoms with Crippen molar-refractivity contribution in [2.75, 3.05) is 13.2 Å². The van der Waals surface area contributed by atoms with Crippen LogP contribution in [0, 0.1) is 0 Å². The van der Waals surface area contributed by atoms with Gasteiger partial charge in [-0.05, 0) is 11.1 Å². The summed E-state index contributed by atoms with van der Waals surface area (Å²) in [4.78, 5) is 14.6. The molecule has 0 aliphatic carbocycles. The van der Waals surface area contributed by atoms with Crippen LogP contribution in [0.5, 0.6) is 0 Å². The molecule has 8 nitrogen and oxygen atoms in total. The van der Waals surface area contributed by atoms with E-state index in [0.29, 0.717) is 6.54 Å². The SMILES string of the molecule is [N-]=[N+]=N[C@@H]1CO[C@H]2[C@@H]1OC[C@@H]2OC(=O)NCc1ccccc1. The zero-order valence-electron chi connectivity index (χ0n) is 11.8. The van der Waals surface area contributed by atoms with Crippen molar-refractivity contribution in [1.29, 1.82) is 0 Å². The predicted octanol–water partition coefficient (Wildman–Crippen LogP) is 1.76. The van der Waals surface area contributed by atoms with Crippen LogP contribution in [0.25, 0.3) is 10.4 Å². The fraction of sp³-hybridized carbons (Fsp3) is 0.500. The topological polar surface area (TPSA) is 106 Å². The van der Waals surface area contributed by atoms with Crippen LogP contribution in [0.3, 0.4) is 0 Å². The molecular weight excluding hydrogens is 288 g/mol. The maximum atomic E-state index is 11.8. The molecule has 116 valence electrons. The van der Waals surface area contributed by atoms with E-state index in [0.717, 1.165) is 5.56 Å². The zero-order valence-corrected chi connectivity index (χ0v) is 11.8. The molecular formula is C14H16N4O4. The highest BCUT2D eigenvalue weighted by Crippen LogP contribution is 2.30. The van der Waals surface area contributed by atoms with Gasteiger partial charge in [-0.2, -0.15) is 0 Å². The van der Waals surface area contributed by atoms with Gasteiger partial charge in [0.25, 0.3) is 0 Å². The molecule has 3 rings (SSSR count). The number of benzene rings is 1. The first-order chi connectivity index (χ1) is 10.8. The molecule has 0 spiro atoms. The second-order valence-electron chi connectivity index (χ2n) is 5.15. The molecule has 0 radical (unpaired) electrons. The van der Waals surface area contributed by atoms with E-state index in [9.17, 15) is 4.79 Å². The third-order valence-corrected chi connectivity index (χ3v) is 3.72. The number of alkyl carbamates (subject to hydrolysis) is 1. The average molecular weight is 304 g/mol. The fourth-order valence-electron chi connectivity index (χ4n) is 2.66. The van der Waals surface area contributed by atoms with Crippen molar-refractivity contribution in [2.24, 2.45) is 5.11 Å². The Kier molecular flexibility index (Phi) is 4.43. The molecule has 0 aromatic heterocycles. The Morgan fingerprint density at radius 3 is 2.86 bits per heavy atom. The molecule has 2 saturated heterocycles. The molecule has 4 atom stereocenters. The quantitative estimate of drug-likeness (QED) is 0.519. The Balaban J connectivity index is 1.49. The molecule has 1 aromatic rings. The van der Waals surface area contributed by atoms with Gasteiger partial charge in [0.1, 0.15) is 6.10 Å². The van der Waals surface area contributed by atoms with Crippen LogP contribution in [0.15, 0.2) is 35.4 Å². The lowest BCUT2D eigenvalue weighted by molar-refractivity contribution is 0.00414. The van der Waals surface area contributed by atoms with Gasteiger partial charge in [-0.15, -0.1) is 0 Å². The molecule has 22 heavy (non-hydrogen) atoms.